The highest BCUT2D eigenvalue weighted by Gasteiger charge is 2.38. The number of aryl methyl sites for hydroxylation is 1. The minimum Gasteiger partial charge on any atom is -0.443 e. The van der Waals surface area contributed by atoms with Gasteiger partial charge in [0.2, 0.25) is 5.91 Å². The molecule has 0 saturated carbocycles. The summed E-state index contributed by atoms with van der Waals surface area (Å²) >= 11 is 0. The first kappa shape index (κ1) is 22.9. The third-order valence-corrected chi connectivity index (χ3v) is 4.76. The summed E-state index contributed by atoms with van der Waals surface area (Å²) in [5.41, 5.74) is -0.706. The average Bonchev–Trinajstić information content (AvgIpc) is 3.25. The van der Waals surface area contributed by atoms with Crippen LogP contribution in [0.2, 0.25) is 0 Å². The van der Waals surface area contributed by atoms with Crippen molar-refractivity contribution in [1.82, 2.24) is 24.7 Å². The van der Waals surface area contributed by atoms with E-state index in [1.165, 1.54) is 6.92 Å². The summed E-state index contributed by atoms with van der Waals surface area (Å²) in [5.74, 6) is 0.394. The van der Waals surface area contributed by atoms with Crippen LogP contribution in [-0.4, -0.2) is 68.5 Å². The number of imidazole rings is 1. The zero-order valence-corrected chi connectivity index (χ0v) is 18.1. The molecule has 2 heterocycles. The van der Waals surface area contributed by atoms with Crippen LogP contribution in [0.4, 0.5) is 4.79 Å². The highest BCUT2D eigenvalue weighted by atomic mass is 16.6. The van der Waals surface area contributed by atoms with Crippen LogP contribution in [-0.2, 0) is 27.9 Å². The molecule has 0 aromatic carbocycles. The number of hydrogen-bond donors (Lipinski definition) is 1. The molecule has 1 fully saturated rings. The Morgan fingerprint density at radius 2 is 2.07 bits per heavy atom. The minimum absolute atomic E-state index is 0.151. The second-order valence-electron chi connectivity index (χ2n) is 8.33. The predicted molar refractivity (Wildman–Crippen MR) is 108 cm³/mol. The van der Waals surface area contributed by atoms with E-state index in [0.717, 1.165) is 17.1 Å². The molecule has 1 saturated heterocycles. The first-order valence-electron chi connectivity index (χ1n) is 10.1. The number of likely N-dealkylation sites (tertiary alicyclic amines) is 1. The van der Waals surface area contributed by atoms with Gasteiger partial charge >= 0.3 is 6.09 Å². The molecule has 1 atom stereocenters. The van der Waals surface area contributed by atoms with Crippen LogP contribution in [0.5, 0.6) is 0 Å². The van der Waals surface area contributed by atoms with Crippen molar-refractivity contribution in [2.24, 2.45) is 7.05 Å². The Morgan fingerprint density at radius 1 is 1.34 bits per heavy atom. The van der Waals surface area contributed by atoms with Gasteiger partial charge in [0.05, 0.1) is 6.54 Å². The SMILES string of the molecule is CC(=O)N1CCC[C@H]1C(=O)N(CCCNCc1nccn1C)C(=O)OC(C)(C)C. The van der Waals surface area contributed by atoms with Crippen molar-refractivity contribution in [2.45, 2.75) is 65.1 Å². The maximum Gasteiger partial charge on any atom is 0.417 e. The molecule has 1 N–H and O–H groups in total. The normalized spacial score (nSPS) is 16.7. The molecule has 0 unspecified atom stereocenters. The van der Waals surface area contributed by atoms with Gasteiger partial charge in [-0.2, -0.15) is 0 Å². The number of imide groups is 1. The number of rotatable bonds is 7. The fourth-order valence-electron chi connectivity index (χ4n) is 3.32. The Bertz CT molecular complexity index is 725. The minimum atomic E-state index is -0.706. The lowest BCUT2D eigenvalue weighted by Crippen LogP contribution is -2.51. The summed E-state index contributed by atoms with van der Waals surface area (Å²) in [7, 11) is 1.93. The summed E-state index contributed by atoms with van der Waals surface area (Å²) in [6, 6.07) is -0.597. The summed E-state index contributed by atoms with van der Waals surface area (Å²) < 4.78 is 7.37. The molecule has 9 nitrogen and oxygen atoms in total. The maximum absolute atomic E-state index is 13.1. The van der Waals surface area contributed by atoms with Crippen molar-refractivity contribution in [3.05, 3.63) is 18.2 Å². The van der Waals surface area contributed by atoms with E-state index in [2.05, 4.69) is 10.3 Å². The first-order chi connectivity index (χ1) is 13.6. The molecule has 29 heavy (non-hydrogen) atoms. The van der Waals surface area contributed by atoms with Crippen LogP contribution in [0, 0.1) is 0 Å². The van der Waals surface area contributed by atoms with Crippen LogP contribution in [0.15, 0.2) is 12.4 Å². The molecule has 1 aliphatic heterocycles. The van der Waals surface area contributed by atoms with Crippen LogP contribution >= 0.6 is 0 Å². The highest BCUT2D eigenvalue weighted by molar-refractivity contribution is 5.97. The standard InChI is InChI=1S/C20H33N5O4/c1-15(26)24-11-6-8-16(24)18(27)25(19(28)29-20(2,3)4)12-7-9-21-14-17-22-10-13-23(17)5/h10,13,16,21H,6-9,11-12,14H2,1-5H3/t16-/m0/s1. The third-order valence-electron chi connectivity index (χ3n) is 4.76. The second kappa shape index (κ2) is 9.87. The van der Waals surface area contributed by atoms with Crippen molar-refractivity contribution in [3.63, 3.8) is 0 Å². The van der Waals surface area contributed by atoms with E-state index in [1.54, 1.807) is 31.9 Å². The fraction of sp³-hybridized carbons (Fsp3) is 0.700. The number of amides is 3. The lowest BCUT2D eigenvalue weighted by molar-refractivity contribution is -0.142. The van der Waals surface area contributed by atoms with E-state index in [0.29, 0.717) is 32.5 Å². The molecule has 1 aromatic rings. The third kappa shape index (κ3) is 6.56. The fourth-order valence-corrected chi connectivity index (χ4v) is 3.32. The van der Waals surface area contributed by atoms with Crippen molar-refractivity contribution in [2.75, 3.05) is 19.6 Å². The molecule has 0 radical (unpaired) electrons. The monoisotopic (exact) mass is 407 g/mol. The lowest BCUT2D eigenvalue weighted by Gasteiger charge is -2.30. The quantitative estimate of drug-likeness (QED) is 0.691. The number of hydrogen-bond acceptors (Lipinski definition) is 6. The molecule has 1 aromatic heterocycles. The Kier molecular flexibility index (Phi) is 7.78. The molecule has 0 bridgehead atoms. The Balaban J connectivity index is 1.97. The van der Waals surface area contributed by atoms with Crippen molar-refractivity contribution in [3.8, 4) is 0 Å². The summed E-state index contributed by atoms with van der Waals surface area (Å²) in [6.07, 6.45) is 4.84. The first-order valence-corrected chi connectivity index (χ1v) is 10.1. The molecule has 0 aliphatic carbocycles. The largest absolute Gasteiger partial charge is 0.443 e. The maximum atomic E-state index is 13.1. The van der Waals surface area contributed by atoms with Gasteiger partial charge in [-0.15, -0.1) is 0 Å². The zero-order chi connectivity index (χ0) is 21.6. The Morgan fingerprint density at radius 3 is 2.66 bits per heavy atom. The van der Waals surface area contributed by atoms with Gasteiger partial charge in [-0.1, -0.05) is 0 Å². The van der Waals surface area contributed by atoms with Crippen molar-refractivity contribution < 1.29 is 19.1 Å². The van der Waals surface area contributed by atoms with Gasteiger partial charge in [-0.05, 0) is 46.6 Å². The topological polar surface area (TPSA) is 96.8 Å². The zero-order valence-electron chi connectivity index (χ0n) is 18.1. The van der Waals surface area contributed by atoms with Gasteiger partial charge < -0.3 is 19.5 Å². The smallest absolute Gasteiger partial charge is 0.417 e. The molecule has 162 valence electrons. The second-order valence-corrected chi connectivity index (χ2v) is 8.33. The molecular weight excluding hydrogens is 374 g/mol. The van der Waals surface area contributed by atoms with Crippen LogP contribution in [0.3, 0.4) is 0 Å². The Labute approximate surface area is 172 Å². The molecular formula is C20H33N5O4. The number of nitrogens with one attached hydrogen (secondary N) is 1. The molecule has 2 rings (SSSR count). The summed E-state index contributed by atoms with van der Waals surface area (Å²) in [6.45, 7) is 8.72. The number of carbonyl (C=O) groups is 3. The van der Waals surface area contributed by atoms with Gasteiger partial charge in [0.25, 0.3) is 5.91 Å². The number of ether oxygens (including phenoxy) is 1. The van der Waals surface area contributed by atoms with E-state index in [4.69, 9.17) is 4.74 Å². The lowest BCUT2D eigenvalue weighted by atomic mass is 10.2. The molecule has 0 spiro atoms. The van der Waals surface area contributed by atoms with E-state index >= 15 is 0 Å². The molecule has 3 amide bonds. The Hall–Kier alpha value is -2.42. The number of nitrogens with zero attached hydrogens (tertiary/aromatic N) is 4. The molecule has 1 aliphatic rings. The predicted octanol–water partition coefficient (Wildman–Crippen LogP) is 1.67. The van der Waals surface area contributed by atoms with E-state index < -0.39 is 17.7 Å². The summed E-state index contributed by atoms with van der Waals surface area (Å²) in [4.78, 5) is 44.5. The van der Waals surface area contributed by atoms with Gasteiger partial charge in [-0.3, -0.25) is 9.59 Å². The number of aromatic nitrogens is 2. The van der Waals surface area contributed by atoms with Gasteiger partial charge in [0.1, 0.15) is 17.5 Å². The van der Waals surface area contributed by atoms with Crippen molar-refractivity contribution in [1.29, 1.82) is 0 Å². The van der Waals surface area contributed by atoms with E-state index in [-0.39, 0.29) is 18.4 Å². The highest BCUT2D eigenvalue weighted by Crippen LogP contribution is 2.21. The van der Waals surface area contributed by atoms with E-state index in [1.807, 2.05) is 17.8 Å². The van der Waals surface area contributed by atoms with Crippen LogP contribution in [0.1, 0.15) is 52.8 Å². The van der Waals surface area contributed by atoms with Crippen LogP contribution < -0.4 is 5.32 Å². The number of carbonyl (C=O) groups excluding carboxylic acids is 3. The van der Waals surface area contributed by atoms with E-state index in [9.17, 15) is 14.4 Å². The van der Waals surface area contributed by atoms with Crippen LogP contribution in [0.25, 0.3) is 0 Å². The van der Waals surface area contributed by atoms with Crippen molar-refractivity contribution >= 4 is 17.9 Å². The van der Waals surface area contributed by atoms with Gasteiger partial charge in [-0.25, -0.2) is 14.7 Å². The van der Waals surface area contributed by atoms with Gasteiger partial charge in [0.15, 0.2) is 0 Å². The summed E-state index contributed by atoms with van der Waals surface area (Å²) in [5, 5.41) is 3.27. The average molecular weight is 408 g/mol. The molecule has 9 heteroatoms. The van der Waals surface area contributed by atoms with Gasteiger partial charge in [0, 0.05) is 39.5 Å².